The summed E-state index contributed by atoms with van der Waals surface area (Å²) in [5.41, 5.74) is 1.32. The number of nitrogens with zero attached hydrogens (tertiary/aromatic N) is 1. The Morgan fingerprint density at radius 2 is 2.00 bits per heavy atom. The van der Waals surface area contributed by atoms with Gasteiger partial charge in [-0.05, 0) is 25.1 Å². The lowest BCUT2D eigenvalue weighted by molar-refractivity contribution is 0.643. The SMILES string of the molecule is CC=NC(CCC)c1ccccc1. The second kappa shape index (κ2) is 5.52. The van der Waals surface area contributed by atoms with E-state index in [0.29, 0.717) is 6.04 Å². The Labute approximate surface area is 80.5 Å². The van der Waals surface area contributed by atoms with Crippen LogP contribution in [0, 0.1) is 0 Å². The molecular weight excluding hydrogens is 158 g/mol. The van der Waals surface area contributed by atoms with Crippen molar-refractivity contribution in [2.45, 2.75) is 32.7 Å². The van der Waals surface area contributed by atoms with Crippen LogP contribution in [0.15, 0.2) is 35.3 Å². The molecule has 1 nitrogen and oxygen atoms in total. The predicted octanol–water partition coefficient (Wildman–Crippen LogP) is 3.62. The minimum Gasteiger partial charge on any atom is -0.290 e. The van der Waals surface area contributed by atoms with Crippen LogP contribution in [0.4, 0.5) is 0 Å². The summed E-state index contributed by atoms with van der Waals surface area (Å²) in [7, 11) is 0. The van der Waals surface area contributed by atoms with Crippen molar-refractivity contribution in [3.63, 3.8) is 0 Å². The molecule has 0 N–H and O–H groups in total. The van der Waals surface area contributed by atoms with Gasteiger partial charge in [-0.25, -0.2) is 0 Å². The quantitative estimate of drug-likeness (QED) is 0.620. The lowest BCUT2D eigenvalue weighted by Crippen LogP contribution is -1.94. The zero-order valence-electron chi connectivity index (χ0n) is 8.40. The van der Waals surface area contributed by atoms with Crippen molar-refractivity contribution < 1.29 is 0 Å². The van der Waals surface area contributed by atoms with E-state index in [1.165, 1.54) is 12.0 Å². The number of hydrogen-bond acceptors (Lipinski definition) is 1. The zero-order chi connectivity index (χ0) is 9.52. The van der Waals surface area contributed by atoms with E-state index >= 15 is 0 Å². The summed E-state index contributed by atoms with van der Waals surface area (Å²) in [5, 5.41) is 0. The monoisotopic (exact) mass is 175 g/mol. The fourth-order valence-electron chi connectivity index (χ4n) is 1.46. The van der Waals surface area contributed by atoms with E-state index in [4.69, 9.17) is 0 Å². The van der Waals surface area contributed by atoms with Crippen LogP contribution in [0.25, 0.3) is 0 Å². The Kier molecular flexibility index (Phi) is 4.24. The third-order valence-corrected chi connectivity index (χ3v) is 2.08. The molecule has 70 valence electrons. The van der Waals surface area contributed by atoms with E-state index in [-0.39, 0.29) is 0 Å². The Hall–Kier alpha value is -1.11. The lowest BCUT2D eigenvalue weighted by atomic mass is 10.0. The van der Waals surface area contributed by atoms with Crippen molar-refractivity contribution in [2.75, 3.05) is 0 Å². The maximum atomic E-state index is 4.46. The maximum Gasteiger partial charge on any atom is 0.0744 e. The van der Waals surface area contributed by atoms with Gasteiger partial charge in [0.25, 0.3) is 0 Å². The minimum absolute atomic E-state index is 0.358. The Morgan fingerprint density at radius 3 is 2.54 bits per heavy atom. The van der Waals surface area contributed by atoms with E-state index in [1.54, 1.807) is 0 Å². The minimum atomic E-state index is 0.358. The van der Waals surface area contributed by atoms with Crippen LogP contribution in [0.2, 0.25) is 0 Å². The van der Waals surface area contributed by atoms with Gasteiger partial charge >= 0.3 is 0 Å². The third-order valence-electron chi connectivity index (χ3n) is 2.08. The molecule has 0 aromatic heterocycles. The fourth-order valence-corrected chi connectivity index (χ4v) is 1.46. The molecule has 1 rings (SSSR count). The molecule has 0 saturated carbocycles. The van der Waals surface area contributed by atoms with Gasteiger partial charge in [0.2, 0.25) is 0 Å². The number of hydrogen-bond donors (Lipinski definition) is 0. The topological polar surface area (TPSA) is 12.4 Å². The molecule has 1 atom stereocenters. The molecule has 13 heavy (non-hydrogen) atoms. The van der Waals surface area contributed by atoms with Crippen molar-refractivity contribution in [3.8, 4) is 0 Å². The van der Waals surface area contributed by atoms with Crippen LogP contribution < -0.4 is 0 Å². The average Bonchev–Trinajstić information content (AvgIpc) is 2.19. The molecule has 1 unspecified atom stereocenters. The van der Waals surface area contributed by atoms with Gasteiger partial charge < -0.3 is 0 Å². The van der Waals surface area contributed by atoms with Crippen LogP contribution in [0.5, 0.6) is 0 Å². The zero-order valence-corrected chi connectivity index (χ0v) is 8.40. The summed E-state index contributed by atoms with van der Waals surface area (Å²) in [4.78, 5) is 4.46. The summed E-state index contributed by atoms with van der Waals surface area (Å²) in [6.45, 7) is 4.17. The van der Waals surface area contributed by atoms with Crippen LogP contribution in [-0.4, -0.2) is 6.21 Å². The fraction of sp³-hybridized carbons (Fsp3) is 0.417. The smallest absolute Gasteiger partial charge is 0.0744 e. The molecule has 0 amide bonds. The molecule has 1 heteroatoms. The van der Waals surface area contributed by atoms with Gasteiger partial charge in [-0.15, -0.1) is 0 Å². The molecule has 0 radical (unpaired) electrons. The highest BCUT2D eigenvalue weighted by Crippen LogP contribution is 2.21. The number of aliphatic imine (C=N–C) groups is 1. The lowest BCUT2D eigenvalue weighted by Gasteiger charge is -2.10. The van der Waals surface area contributed by atoms with E-state index in [2.05, 4.69) is 36.2 Å². The van der Waals surface area contributed by atoms with E-state index in [1.807, 2.05) is 19.2 Å². The molecule has 0 heterocycles. The molecule has 0 saturated heterocycles. The predicted molar refractivity (Wildman–Crippen MR) is 58.3 cm³/mol. The molecule has 1 aromatic carbocycles. The molecule has 0 aliphatic rings. The normalized spacial score (nSPS) is 13.4. The first-order valence-electron chi connectivity index (χ1n) is 4.91. The molecule has 0 aliphatic carbocycles. The maximum absolute atomic E-state index is 4.46. The van der Waals surface area contributed by atoms with Crippen molar-refractivity contribution in [3.05, 3.63) is 35.9 Å². The third kappa shape index (κ3) is 3.02. The van der Waals surface area contributed by atoms with E-state index in [9.17, 15) is 0 Å². The Bertz CT molecular complexity index is 251. The molecular formula is C12H17N. The van der Waals surface area contributed by atoms with Crippen LogP contribution in [-0.2, 0) is 0 Å². The highest BCUT2D eigenvalue weighted by atomic mass is 14.8. The van der Waals surface area contributed by atoms with E-state index in [0.717, 1.165) is 6.42 Å². The van der Waals surface area contributed by atoms with Gasteiger partial charge in [-0.1, -0.05) is 43.7 Å². The van der Waals surface area contributed by atoms with Crippen LogP contribution >= 0.6 is 0 Å². The molecule has 1 aromatic rings. The Balaban J connectivity index is 2.76. The van der Waals surface area contributed by atoms with Gasteiger partial charge in [0, 0.05) is 0 Å². The van der Waals surface area contributed by atoms with Gasteiger partial charge in [0.1, 0.15) is 0 Å². The first kappa shape index (κ1) is 9.97. The second-order valence-corrected chi connectivity index (χ2v) is 3.12. The first-order valence-corrected chi connectivity index (χ1v) is 4.91. The van der Waals surface area contributed by atoms with Crippen molar-refractivity contribution in [2.24, 2.45) is 4.99 Å². The van der Waals surface area contributed by atoms with Gasteiger partial charge in [0.15, 0.2) is 0 Å². The van der Waals surface area contributed by atoms with Crippen LogP contribution in [0.1, 0.15) is 38.3 Å². The standard InChI is InChI=1S/C12H17N/c1-3-8-12(13-4-2)11-9-6-5-7-10-11/h4-7,9-10,12H,3,8H2,1-2H3. The first-order chi connectivity index (χ1) is 6.38. The Morgan fingerprint density at radius 1 is 1.31 bits per heavy atom. The molecule has 0 bridgehead atoms. The molecule has 0 aliphatic heterocycles. The number of benzene rings is 1. The van der Waals surface area contributed by atoms with Crippen molar-refractivity contribution >= 4 is 6.21 Å². The van der Waals surface area contributed by atoms with Gasteiger partial charge in [-0.2, -0.15) is 0 Å². The van der Waals surface area contributed by atoms with Crippen molar-refractivity contribution in [1.29, 1.82) is 0 Å². The molecule has 0 fully saturated rings. The van der Waals surface area contributed by atoms with Crippen LogP contribution in [0.3, 0.4) is 0 Å². The summed E-state index contributed by atoms with van der Waals surface area (Å²) in [5.74, 6) is 0. The highest BCUT2D eigenvalue weighted by molar-refractivity contribution is 5.54. The second-order valence-electron chi connectivity index (χ2n) is 3.12. The highest BCUT2D eigenvalue weighted by Gasteiger charge is 2.05. The molecule has 0 spiro atoms. The van der Waals surface area contributed by atoms with E-state index < -0.39 is 0 Å². The van der Waals surface area contributed by atoms with Crippen molar-refractivity contribution in [1.82, 2.24) is 0 Å². The summed E-state index contributed by atoms with van der Waals surface area (Å²) in [6.07, 6.45) is 4.21. The van der Waals surface area contributed by atoms with Gasteiger partial charge in [-0.3, -0.25) is 4.99 Å². The number of rotatable bonds is 4. The average molecular weight is 175 g/mol. The largest absolute Gasteiger partial charge is 0.290 e. The summed E-state index contributed by atoms with van der Waals surface area (Å²) >= 11 is 0. The van der Waals surface area contributed by atoms with Gasteiger partial charge in [0.05, 0.1) is 6.04 Å². The summed E-state index contributed by atoms with van der Waals surface area (Å²) < 4.78 is 0. The summed E-state index contributed by atoms with van der Waals surface area (Å²) in [6, 6.07) is 10.8.